The molecule has 0 aromatic heterocycles. The van der Waals surface area contributed by atoms with Gasteiger partial charge in [0.1, 0.15) is 24.2 Å². The Hall–Kier alpha value is -3.00. The van der Waals surface area contributed by atoms with Gasteiger partial charge in [-0.2, -0.15) is 0 Å². The second-order valence-electron chi connectivity index (χ2n) is 6.86. The minimum atomic E-state index is -0.602. The van der Waals surface area contributed by atoms with E-state index in [-0.39, 0.29) is 29.9 Å². The van der Waals surface area contributed by atoms with E-state index in [0.717, 1.165) is 22.2 Å². The molecule has 8 heteroatoms. The molecule has 2 aromatic rings. The molecule has 2 aromatic carbocycles. The molecule has 4 rings (SSSR count). The summed E-state index contributed by atoms with van der Waals surface area (Å²) in [5.74, 6) is 0.291. The first kappa shape index (κ1) is 19.3. The first-order valence-corrected chi connectivity index (χ1v) is 10.1. The highest BCUT2D eigenvalue weighted by Gasteiger charge is 2.42. The Kier molecular flexibility index (Phi) is 5.44. The predicted molar refractivity (Wildman–Crippen MR) is 108 cm³/mol. The molecule has 2 atom stereocenters. The van der Waals surface area contributed by atoms with Gasteiger partial charge in [0.25, 0.3) is 5.24 Å². The van der Waals surface area contributed by atoms with Crippen molar-refractivity contribution in [1.82, 2.24) is 9.80 Å². The summed E-state index contributed by atoms with van der Waals surface area (Å²) < 4.78 is 11.2. The van der Waals surface area contributed by atoms with Crippen LogP contribution in [-0.2, 0) is 16.1 Å². The van der Waals surface area contributed by atoms with Gasteiger partial charge < -0.3 is 9.47 Å². The van der Waals surface area contributed by atoms with Gasteiger partial charge >= 0.3 is 6.09 Å². The first-order valence-electron chi connectivity index (χ1n) is 9.22. The number of thioether (sulfide) groups is 1. The third-order valence-electron chi connectivity index (χ3n) is 4.83. The second-order valence-corrected chi connectivity index (χ2v) is 7.91. The van der Waals surface area contributed by atoms with Crippen LogP contribution in [-0.4, -0.2) is 53.3 Å². The summed E-state index contributed by atoms with van der Waals surface area (Å²) in [5.41, 5.74) is 1.60. The van der Waals surface area contributed by atoms with Gasteiger partial charge in [0, 0.05) is 19.2 Å². The number of nitrogens with zero attached hydrogens (tertiary/aromatic N) is 2. The Morgan fingerprint density at radius 3 is 2.55 bits per heavy atom. The van der Waals surface area contributed by atoms with Crippen LogP contribution in [0.25, 0.3) is 0 Å². The van der Waals surface area contributed by atoms with Crippen molar-refractivity contribution in [2.75, 3.05) is 20.2 Å². The molecule has 3 amide bonds. The molecule has 1 unspecified atom stereocenters. The van der Waals surface area contributed by atoms with E-state index in [1.807, 2.05) is 42.5 Å². The monoisotopic (exact) mass is 412 g/mol. The van der Waals surface area contributed by atoms with Crippen molar-refractivity contribution in [3.63, 3.8) is 0 Å². The molecule has 2 aliphatic heterocycles. The molecule has 7 nitrogen and oxygen atoms in total. The fraction of sp³-hybridized carbons (Fsp3) is 0.286. The fourth-order valence-electron chi connectivity index (χ4n) is 3.06. The third-order valence-corrected chi connectivity index (χ3v) is 6.00. The zero-order chi connectivity index (χ0) is 20.4. The summed E-state index contributed by atoms with van der Waals surface area (Å²) in [4.78, 5) is 39.0. The average molecular weight is 412 g/mol. The number of imide groups is 1. The quantitative estimate of drug-likeness (QED) is 0.677. The van der Waals surface area contributed by atoms with Gasteiger partial charge in [-0.1, -0.05) is 48.5 Å². The van der Waals surface area contributed by atoms with E-state index in [2.05, 4.69) is 0 Å². The first-order chi connectivity index (χ1) is 14.0. The molecular weight excluding hydrogens is 392 g/mol. The Morgan fingerprint density at radius 1 is 1.10 bits per heavy atom. The molecule has 150 valence electrons. The molecule has 0 saturated carbocycles. The van der Waals surface area contributed by atoms with Gasteiger partial charge in [-0.3, -0.25) is 19.4 Å². The maximum Gasteiger partial charge on any atom is 0.410 e. The summed E-state index contributed by atoms with van der Waals surface area (Å²) in [5, 5.41) is -0.876. The van der Waals surface area contributed by atoms with Gasteiger partial charge in [0.15, 0.2) is 0 Å². The van der Waals surface area contributed by atoms with Crippen LogP contribution in [0.2, 0.25) is 0 Å². The molecule has 2 aliphatic rings. The highest BCUT2D eigenvalue weighted by Crippen LogP contribution is 2.42. The molecule has 29 heavy (non-hydrogen) atoms. The van der Waals surface area contributed by atoms with Gasteiger partial charge in [-0.05, 0) is 23.4 Å². The van der Waals surface area contributed by atoms with Crippen LogP contribution >= 0.6 is 11.8 Å². The van der Waals surface area contributed by atoms with Crippen molar-refractivity contribution in [3.8, 4) is 5.75 Å². The molecule has 2 heterocycles. The lowest BCUT2D eigenvalue weighted by atomic mass is 10.1. The Balaban J connectivity index is 1.31. The summed E-state index contributed by atoms with van der Waals surface area (Å²) in [6.07, 6.45) is -0.371. The molecule has 0 spiro atoms. The van der Waals surface area contributed by atoms with Gasteiger partial charge in [0.05, 0.1) is 6.04 Å². The number of para-hydroxylation sites is 1. The van der Waals surface area contributed by atoms with Gasteiger partial charge in [-0.25, -0.2) is 4.79 Å². The maximum atomic E-state index is 12.3. The number of rotatable bonds is 6. The molecule has 0 aliphatic carbocycles. The Bertz CT molecular complexity index is 936. The number of amides is 3. The summed E-state index contributed by atoms with van der Waals surface area (Å²) in [6.45, 7) is 1.09. The van der Waals surface area contributed by atoms with Crippen LogP contribution in [0.1, 0.15) is 16.4 Å². The standard InChI is InChI=1S/C21H20N2O5S/c1-22-19(24)18(29-21(22)26)16-9-5-6-10-17(16)27-13-15-11-23(15)20(25)28-12-14-7-3-2-4-8-14/h2-10,15,18H,11-13H2,1H3/t15-,18?,23?/m1/s1. The SMILES string of the molecule is CN1C(=O)SC(c2ccccc2OC[C@H]2CN2C(=O)OCc2ccccc2)C1=O. The van der Waals surface area contributed by atoms with Crippen molar-refractivity contribution in [2.24, 2.45) is 0 Å². The fourth-order valence-corrected chi connectivity index (χ4v) is 4.09. The minimum absolute atomic E-state index is 0.0671. The van der Waals surface area contributed by atoms with E-state index in [4.69, 9.17) is 9.47 Å². The van der Waals surface area contributed by atoms with Crippen molar-refractivity contribution in [2.45, 2.75) is 17.9 Å². The van der Waals surface area contributed by atoms with E-state index in [0.29, 0.717) is 24.5 Å². The number of hydrogen-bond acceptors (Lipinski definition) is 6. The average Bonchev–Trinajstić information content (AvgIpc) is 3.49. The maximum absolute atomic E-state index is 12.3. The van der Waals surface area contributed by atoms with Crippen LogP contribution in [0.4, 0.5) is 9.59 Å². The molecule has 0 bridgehead atoms. The highest BCUT2D eigenvalue weighted by atomic mass is 32.2. The van der Waals surface area contributed by atoms with Crippen molar-refractivity contribution < 1.29 is 23.9 Å². The van der Waals surface area contributed by atoms with Gasteiger partial charge in [-0.15, -0.1) is 0 Å². The number of hydrogen-bond donors (Lipinski definition) is 0. The van der Waals surface area contributed by atoms with E-state index in [1.54, 1.807) is 17.0 Å². The van der Waals surface area contributed by atoms with E-state index < -0.39 is 5.25 Å². The van der Waals surface area contributed by atoms with Crippen LogP contribution in [0.5, 0.6) is 5.75 Å². The second kappa shape index (κ2) is 8.16. The Morgan fingerprint density at radius 2 is 1.83 bits per heavy atom. The van der Waals surface area contributed by atoms with E-state index in [1.165, 1.54) is 7.05 Å². The molecule has 2 saturated heterocycles. The third kappa shape index (κ3) is 4.22. The number of benzene rings is 2. The highest BCUT2D eigenvalue weighted by molar-refractivity contribution is 8.15. The predicted octanol–water partition coefficient (Wildman–Crippen LogP) is 3.45. The van der Waals surface area contributed by atoms with E-state index >= 15 is 0 Å². The molecule has 2 fully saturated rings. The lowest BCUT2D eigenvalue weighted by Gasteiger charge is -2.14. The van der Waals surface area contributed by atoms with Crippen molar-refractivity contribution in [1.29, 1.82) is 0 Å². The smallest absolute Gasteiger partial charge is 0.410 e. The largest absolute Gasteiger partial charge is 0.491 e. The lowest BCUT2D eigenvalue weighted by Crippen LogP contribution is -2.24. The van der Waals surface area contributed by atoms with Crippen molar-refractivity contribution >= 4 is 29.0 Å². The minimum Gasteiger partial charge on any atom is -0.491 e. The number of carbonyl (C=O) groups excluding carboxylic acids is 3. The molecular formula is C21H20N2O5S. The van der Waals surface area contributed by atoms with Crippen LogP contribution in [0, 0.1) is 0 Å². The molecule has 0 radical (unpaired) electrons. The zero-order valence-electron chi connectivity index (χ0n) is 15.8. The summed E-state index contributed by atoms with van der Waals surface area (Å²) in [7, 11) is 1.48. The van der Waals surface area contributed by atoms with E-state index in [9.17, 15) is 14.4 Å². The number of carbonyl (C=O) groups is 3. The topological polar surface area (TPSA) is 75.9 Å². The van der Waals surface area contributed by atoms with Crippen LogP contribution < -0.4 is 4.74 Å². The van der Waals surface area contributed by atoms with Gasteiger partial charge in [0.2, 0.25) is 5.91 Å². The summed E-state index contributed by atoms with van der Waals surface area (Å²) in [6, 6.07) is 16.6. The summed E-state index contributed by atoms with van der Waals surface area (Å²) >= 11 is 0.982. The molecule has 0 N–H and O–H groups in total. The Labute approximate surface area is 172 Å². The lowest BCUT2D eigenvalue weighted by molar-refractivity contribution is -0.125. The van der Waals surface area contributed by atoms with Crippen LogP contribution in [0.3, 0.4) is 0 Å². The van der Waals surface area contributed by atoms with Crippen LogP contribution in [0.15, 0.2) is 54.6 Å². The normalized spacial score (nSPS) is 20.7. The zero-order valence-corrected chi connectivity index (χ0v) is 16.6. The number of likely N-dealkylation sites (N-methyl/N-ethyl adjacent to an activating group) is 1. The number of ether oxygens (including phenoxy) is 2. The van der Waals surface area contributed by atoms with Crippen molar-refractivity contribution in [3.05, 3.63) is 65.7 Å².